The fourth-order valence-electron chi connectivity index (χ4n) is 1.80. The zero-order valence-electron chi connectivity index (χ0n) is 9.07. The molecule has 0 saturated carbocycles. The maximum atomic E-state index is 10.2. The second-order valence-electron chi connectivity index (χ2n) is 3.67. The van der Waals surface area contributed by atoms with Crippen molar-refractivity contribution in [3.63, 3.8) is 0 Å². The highest BCUT2D eigenvalue weighted by molar-refractivity contribution is 7.10. The molecule has 1 N–H and O–H groups in total. The molecule has 0 bridgehead atoms. The molecule has 0 spiro atoms. The average molecular weight is 222 g/mol. The highest BCUT2D eigenvalue weighted by Gasteiger charge is 2.20. The van der Waals surface area contributed by atoms with Crippen LogP contribution < -0.4 is 0 Å². The quantitative estimate of drug-likeness (QED) is 0.845. The van der Waals surface area contributed by atoms with E-state index in [2.05, 4.69) is 0 Å². The Balaban J connectivity index is 2.46. The third-order valence-corrected chi connectivity index (χ3v) is 3.63. The molecule has 2 nitrogen and oxygen atoms in total. The smallest absolute Gasteiger partial charge is 0.117 e. The Morgan fingerprint density at radius 2 is 2.00 bits per heavy atom. The van der Waals surface area contributed by atoms with Gasteiger partial charge in [0, 0.05) is 10.4 Å². The summed E-state index contributed by atoms with van der Waals surface area (Å²) in [5.74, 6) is 1.70. The summed E-state index contributed by atoms with van der Waals surface area (Å²) in [4.78, 5) is 0.960. The van der Waals surface area contributed by atoms with Crippen molar-refractivity contribution < 1.29 is 9.52 Å². The van der Waals surface area contributed by atoms with Gasteiger partial charge in [-0.1, -0.05) is 6.07 Å². The lowest BCUT2D eigenvalue weighted by molar-refractivity contribution is 0.221. The Bertz CT molecular complexity index is 454. The van der Waals surface area contributed by atoms with Gasteiger partial charge in [0.25, 0.3) is 0 Å². The van der Waals surface area contributed by atoms with E-state index in [1.807, 2.05) is 38.3 Å². The van der Waals surface area contributed by atoms with Crippen LogP contribution in [-0.2, 0) is 0 Å². The van der Waals surface area contributed by atoms with Gasteiger partial charge in [-0.05, 0) is 37.8 Å². The van der Waals surface area contributed by atoms with E-state index >= 15 is 0 Å². The molecule has 2 aromatic rings. The van der Waals surface area contributed by atoms with Crippen LogP contribution in [0, 0.1) is 20.8 Å². The van der Waals surface area contributed by atoms with Gasteiger partial charge < -0.3 is 9.52 Å². The zero-order valence-corrected chi connectivity index (χ0v) is 9.89. The van der Waals surface area contributed by atoms with E-state index in [1.54, 1.807) is 11.3 Å². The molecular weight excluding hydrogens is 208 g/mol. The Morgan fingerprint density at radius 3 is 2.47 bits per heavy atom. The van der Waals surface area contributed by atoms with E-state index in [-0.39, 0.29) is 0 Å². The van der Waals surface area contributed by atoms with Crippen LogP contribution in [0.15, 0.2) is 21.9 Å². The van der Waals surface area contributed by atoms with Gasteiger partial charge >= 0.3 is 0 Å². The monoisotopic (exact) mass is 222 g/mol. The van der Waals surface area contributed by atoms with Gasteiger partial charge in [-0.2, -0.15) is 0 Å². The summed E-state index contributed by atoms with van der Waals surface area (Å²) in [7, 11) is 0. The van der Waals surface area contributed by atoms with Crippen LogP contribution in [0.4, 0.5) is 0 Å². The fraction of sp³-hybridized carbons (Fsp3) is 0.333. The molecule has 1 atom stereocenters. The van der Waals surface area contributed by atoms with E-state index in [0.717, 1.165) is 27.5 Å². The number of aliphatic hydroxyl groups excluding tert-OH is 1. The summed E-state index contributed by atoms with van der Waals surface area (Å²) in [6.07, 6.45) is -0.553. The number of aryl methyl sites for hydroxylation is 2. The van der Waals surface area contributed by atoms with Crippen molar-refractivity contribution in [2.75, 3.05) is 0 Å². The van der Waals surface area contributed by atoms with E-state index < -0.39 is 6.10 Å². The van der Waals surface area contributed by atoms with Crippen LogP contribution >= 0.6 is 11.3 Å². The van der Waals surface area contributed by atoms with Gasteiger partial charge in [-0.25, -0.2) is 0 Å². The van der Waals surface area contributed by atoms with Crippen molar-refractivity contribution in [1.82, 2.24) is 0 Å². The summed E-state index contributed by atoms with van der Waals surface area (Å²) in [5, 5.41) is 12.2. The SMILES string of the molecule is Cc1oc(C)c(C(O)c2cccs2)c1C. The Hall–Kier alpha value is -1.06. The van der Waals surface area contributed by atoms with E-state index in [1.165, 1.54) is 0 Å². The number of aliphatic hydroxyl groups is 1. The molecule has 1 unspecified atom stereocenters. The van der Waals surface area contributed by atoms with Gasteiger partial charge in [0.15, 0.2) is 0 Å². The summed E-state index contributed by atoms with van der Waals surface area (Å²) in [6.45, 7) is 5.80. The van der Waals surface area contributed by atoms with Crippen LogP contribution in [0.5, 0.6) is 0 Å². The number of rotatable bonds is 2. The molecule has 80 valence electrons. The Kier molecular flexibility index (Phi) is 2.67. The Morgan fingerprint density at radius 1 is 1.27 bits per heavy atom. The zero-order chi connectivity index (χ0) is 11.0. The molecule has 2 rings (SSSR count). The largest absolute Gasteiger partial charge is 0.466 e. The van der Waals surface area contributed by atoms with Gasteiger partial charge in [0.1, 0.15) is 17.6 Å². The molecule has 2 aromatic heterocycles. The van der Waals surface area contributed by atoms with Crippen LogP contribution in [0.1, 0.15) is 33.6 Å². The summed E-state index contributed by atoms with van der Waals surface area (Å²) in [6, 6.07) is 3.89. The minimum Gasteiger partial charge on any atom is -0.466 e. The predicted molar refractivity (Wildman–Crippen MR) is 61.3 cm³/mol. The summed E-state index contributed by atoms with van der Waals surface area (Å²) >= 11 is 1.56. The van der Waals surface area contributed by atoms with Crippen molar-refractivity contribution in [3.8, 4) is 0 Å². The Labute approximate surface area is 93.2 Å². The number of thiophene rings is 1. The molecule has 0 amide bonds. The minimum atomic E-state index is -0.553. The third-order valence-electron chi connectivity index (χ3n) is 2.70. The second-order valence-corrected chi connectivity index (χ2v) is 4.65. The normalized spacial score (nSPS) is 13.1. The fourth-order valence-corrected chi connectivity index (χ4v) is 2.52. The summed E-state index contributed by atoms with van der Waals surface area (Å²) in [5.41, 5.74) is 1.96. The van der Waals surface area contributed by atoms with Crippen LogP contribution in [0.3, 0.4) is 0 Å². The number of hydrogen-bond acceptors (Lipinski definition) is 3. The van der Waals surface area contributed by atoms with Crippen LogP contribution in [0.2, 0.25) is 0 Å². The molecule has 2 heterocycles. The van der Waals surface area contributed by atoms with Gasteiger partial charge in [-0.3, -0.25) is 0 Å². The highest BCUT2D eigenvalue weighted by Crippen LogP contribution is 2.33. The number of furan rings is 1. The maximum Gasteiger partial charge on any atom is 0.117 e. The first kappa shape index (κ1) is 10.5. The van der Waals surface area contributed by atoms with Gasteiger partial charge in [-0.15, -0.1) is 11.3 Å². The lowest BCUT2D eigenvalue weighted by Gasteiger charge is -2.08. The lowest BCUT2D eigenvalue weighted by atomic mass is 10.0. The lowest BCUT2D eigenvalue weighted by Crippen LogP contribution is -1.99. The first-order valence-electron chi connectivity index (χ1n) is 4.89. The molecule has 15 heavy (non-hydrogen) atoms. The minimum absolute atomic E-state index is 0.553. The predicted octanol–water partition coefficient (Wildman–Crippen LogP) is 3.35. The molecule has 0 aliphatic heterocycles. The number of hydrogen-bond donors (Lipinski definition) is 1. The van der Waals surface area contributed by atoms with E-state index in [4.69, 9.17) is 4.42 Å². The third kappa shape index (κ3) is 1.73. The van der Waals surface area contributed by atoms with Gasteiger partial charge in [0.2, 0.25) is 0 Å². The molecule has 3 heteroatoms. The molecule has 0 saturated heterocycles. The van der Waals surface area contributed by atoms with E-state index in [9.17, 15) is 5.11 Å². The molecule has 0 aliphatic rings. The first-order valence-corrected chi connectivity index (χ1v) is 5.77. The van der Waals surface area contributed by atoms with Gasteiger partial charge in [0.05, 0.1) is 0 Å². The highest BCUT2D eigenvalue weighted by atomic mass is 32.1. The van der Waals surface area contributed by atoms with Crippen molar-refractivity contribution in [2.45, 2.75) is 26.9 Å². The molecule has 0 aromatic carbocycles. The average Bonchev–Trinajstić information content (AvgIpc) is 2.76. The summed E-state index contributed by atoms with van der Waals surface area (Å²) < 4.78 is 5.51. The van der Waals surface area contributed by atoms with Crippen LogP contribution in [-0.4, -0.2) is 5.11 Å². The van der Waals surface area contributed by atoms with Crippen LogP contribution in [0.25, 0.3) is 0 Å². The molecule has 0 fully saturated rings. The standard InChI is InChI=1S/C12H14O2S/c1-7-8(2)14-9(3)11(7)12(13)10-5-4-6-15-10/h4-6,12-13H,1-3H3. The molecule has 0 aliphatic carbocycles. The molecular formula is C12H14O2S. The first-order chi connectivity index (χ1) is 7.11. The van der Waals surface area contributed by atoms with Crippen molar-refractivity contribution in [3.05, 3.63) is 45.0 Å². The second kappa shape index (κ2) is 3.83. The van der Waals surface area contributed by atoms with Crippen molar-refractivity contribution in [1.29, 1.82) is 0 Å². The maximum absolute atomic E-state index is 10.2. The van der Waals surface area contributed by atoms with E-state index in [0.29, 0.717) is 0 Å². The molecule has 0 radical (unpaired) electrons. The topological polar surface area (TPSA) is 33.4 Å². The van der Waals surface area contributed by atoms with Crippen molar-refractivity contribution in [2.24, 2.45) is 0 Å². The van der Waals surface area contributed by atoms with Crippen molar-refractivity contribution >= 4 is 11.3 Å².